The molecule has 2 aromatic carbocycles. The standard InChI is InChI=1S/C20H15N3O3S/c1-11-3-6-14(7-4-11)23-18(25)15-8-5-13(9-16(15)19(23)26)17(24)22-20-21-12(2)10-27-20/h3-10H,1-2H3,(H,21,22,24). The smallest absolute Gasteiger partial charge is 0.266 e. The van der Waals surface area contributed by atoms with Crippen LogP contribution in [0.3, 0.4) is 0 Å². The summed E-state index contributed by atoms with van der Waals surface area (Å²) in [5.41, 5.74) is 3.18. The number of aryl methyl sites for hydroxylation is 2. The zero-order chi connectivity index (χ0) is 19.1. The topological polar surface area (TPSA) is 79.4 Å². The third-order valence-electron chi connectivity index (χ3n) is 4.28. The van der Waals surface area contributed by atoms with Crippen molar-refractivity contribution in [2.24, 2.45) is 0 Å². The molecule has 7 heteroatoms. The summed E-state index contributed by atoms with van der Waals surface area (Å²) in [5, 5.41) is 5.02. The molecule has 0 radical (unpaired) electrons. The first-order valence-electron chi connectivity index (χ1n) is 8.27. The van der Waals surface area contributed by atoms with E-state index >= 15 is 0 Å². The Balaban J connectivity index is 1.64. The minimum Gasteiger partial charge on any atom is -0.298 e. The lowest BCUT2D eigenvalue weighted by atomic mass is 10.1. The fourth-order valence-electron chi connectivity index (χ4n) is 2.89. The molecule has 0 aliphatic carbocycles. The molecule has 134 valence electrons. The molecule has 1 N–H and O–H groups in total. The Bertz CT molecular complexity index is 1090. The van der Waals surface area contributed by atoms with Crippen molar-refractivity contribution in [3.8, 4) is 0 Å². The van der Waals surface area contributed by atoms with Crippen molar-refractivity contribution in [1.29, 1.82) is 0 Å². The molecule has 27 heavy (non-hydrogen) atoms. The lowest BCUT2D eigenvalue weighted by molar-refractivity contribution is 0.0925. The van der Waals surface area contributed by atoms with Crippen LogP contribution < -0.4 is 10.2 Å². The van der Waals surface area contributed by atoms with Crippen molar-refractivity contribution in [3.05, 3.63) is 75.8 Å². The molecule has 4 rings (SSSR count). The molecule has 0 saturated heterocycles. The molecule has 0 fully saturated rings. The molecule has 0 atom stereocenters. The van der Waals surface area contributed by atoms with E-state index < -0.39 is 5.91 Å². The van der Waals surface area contributed by atoms with Gasteiger partial charge in [0.1, 0.15) is 0 Å². The lowest BCUT2D eigenvalue weighted by Crippen LogP contribution is -2.29. The number of anilines is 2. The summed E-state index contributed by atoms with van der Waals surface area (Å²) in [6, 6.07) is 11.7. The monoisotopic (exact) mass is 377 g/mol. The SMILES string of the molecule is Cc1ccc(N2C(=O)c3ccc(C(=O)Nc4nc(C)cs4)cc3C2=O)cc1. The number of thiazole rings is 1. The van der Waals surface area contributed by atoms with Crippen LogP contribution in [0.1, 0.15) is 42.3 Å². The van der Waals surface area contributed by atoms with Gasteiger partial charge in [-0.15, -0.1) is 11.3 Å². The van der Waals surface area contributed by atoms with E-state index in [1.54, 1.807) is 18.2 Å². The Morgan fingerprint density at radius 2 is 1.70 bits per heavy atom. The van der Waals surface area contributed by atoms with Crippen LogP contribution in [0, 0.1) is 13.8 Å². The predicted octanol–water partition coefficient (Wildman–Crippen LogP) is 3.81. The van der Waals surface area contributed by atoms with Gasteiger partial charge in [0.05, 0.1) is 22.5 Å². The first-order valence-corrected chi connectivity index (χ1v) is 9.15. The Morgan fingerprint density at radius 3 is 2.37 bits per heavy atom. The van der Waals surface area contributed by atoms with Crippen molar-refractivity contribution in [1.82, 2.24) is 4.98 Å². The normalized spacial score (nSPS) is 13.0. The fourth-order valence-corrected chi connectivity index (χ4v) is 3.57. The molecule has 0 bridgehead atoms. The number of hydrogen-bond donors (Lipinski definition) is 1. The Morgan fingerprint density at radius 1 is 1.00 bits per heavy atom. The van der Waals surface area contributed by atoms with E-state index in [0.717, 1.165) is 16.2 Å². The van der Waals surface area contributed by atoms with Gasteiger partial charge in [-0.05, 0) is 44.2 Å². The second-order valence-electron chi connectivity index (χ2n) is 6.29. The number of aromatic nitrogens is 1. The average Bonchev–Trinajstić information content (AvgIpc) is 3.17. The highest BCUT2D eigenvalue weighted by Crippen LogP contribution is 2.29. The van der Waals surface area contributed by atoms with Crippen LogP contribution in [0.2, 0.25) is 0 Å². The second-order valence-corrected chi connectivity index (χ2v) is 7.15. The highest BCUT2D eigenvalue weighted by molar-refractivity contribution is 7.13. The zero-order valence-corrected chi connectivity index (χ0v) is 15.5. The highest BCUT2D eigenvalue weighted by atomic mass is 32.1. The number of nitrogens with zero attached hydrogens (tertiary/aromatic N) is 2. The number of carbonyl (C=O) groups excluding carboxylic acids is 3. The van der Waals surface area contributed by atoms with Gasteiger partial charge in [0.15, 0.2) is 5.13 Å². The predicted molar refractivity (Wildman–Crippen MR) is 104 cm³/mol. The van der Waals surface area contributed by atoms with Crippen LogP contribution in [0.25, 0.3) is 0 Å². The molecule has 3 amide bonds. The summed E-state index contributed by atoms with van der Waals surface area (Å²) in [7, 11) is 0. The molecule has 1 aliphatic rings. The Kier molecular flexibility index (Phi) is 4.08. The van der Waals surface area contributed by atoms with Gasteiger partial charge in [-0.3, -0.25) is 19.7 Å². The Hall–Kier alpha value is -3.32. The summed E-state index contributed by atoms with van der Waals surface area (Å²) >= 11 is 1.33. The lowest BCUT2D eigenvalue weighted by Gasteiger charge is -2.13. The maximum absolute atomic E-state index is 12.8. The molecule has 1 aromatic heterocycles. The molecular weight excluding hydrogens is 362 g/mol. The van der Waals surface area contributed by atoms with E-state index in [1.807, 2.05) is 31.4 Å². The van der Waals surface area contributed by atoms with Gasteiger partial charge in [-0.25, -0.2) is 9.88 Å². The van der Waals surface area contributed by atoms with Crippen LogP contribution in [0.15, 0.2) is 47.8 Å². The average molecular weight is 377 g/mol. The van der Waals surface area contributed by atoms with Gasteiger partial charge in [-0.2, -0.15) is 0 Å². The molecule has 0 saturated carbocycles. The Labute approximate surface area is 159 Å². The van der Waals surface area contributed by atoms with E-state index in [-0.39, 0.29) is 17.4 Å². The summed E-state index contributed by atoms with van der Waals surface area (Å²) in [6.45, 7) is 3.77. The minimum absolute atomic E-state index is 0.226. The first-order chi connectivity index (χ1) is 12.9. The highest BCUT2D eigenvalue weighted by Gasteiger charge is 2.37. The van der Waals surface area contributed by atoms with Crippen LogP contribution in [-0.2, 0) is 0 Å². The van der Waals surface area contributed by atoms with Gasteiger partial charge in [0, 0.05) is 10.9 Å². The van der Waals surface area contributed by atoms with Crippen LogP contribution in [-0.4, -0.2) is 22.7 Å². The largest absolute Gasteiger partial charge is 0.298 e. The quantitative estimate of drug-likeness (QED) is 0.704. The number of rotatable bonds is 3. The number of carbonyl (C=O) groups is 3. The number of nitrogens with one attached hydrogen (secondary N) is 1. The summed E-state index contributed by atoms with van der Waals surface area (Å²) in [5.74, 6) is -1.19. The molecule has 1 aliphatic heterocycles. The zero-order valence-electron chi connectivity index (χ0n) is 14.6. The third-order valence-corrected chi connectivity index (χ3v) is 5.16. The molecule has 6 nitrogen and oxygen atoms in total. The van der Waals surface area contributed by atoms with Crippen molar-refractivity contribution in [3.63, 3.8) is 0 Å². The third kappa shape index (κ3) is 3.02. The van der Waals surface area contributed by atoms with Crippen LogP contribution >= 0.6 is 11.3 Å². The summed E-state index contributed by atoms with van der Waals surface area (Å²) < 4.78 is 0. The van der Waals surface area contributed by atoms with E-state index in [4.69, 9.17) is 0 Å². The second kappa shape index (κ2) is 6.44. The number of imide groups is 1. The molecule has 0 unspecified atom stereocenters. The number of hydrogen-bond acceptors (Lipinski definition) is 5. The van der Waals surface area contributed by atoms with Gasteiger partial charge >= 0.3 is 0 Å². The number of amides is 3. The molecule has 2 heterocycles. The van der Waals surface area contributed by atoms with Gasteiger partial charge in [-0.1, -0.05) is 17.7 Å². The van der Waals surface area contributed by atoms with Crippen molar-refractivity contribution < 1.29 is 14.4 Å². The van der Waals surface area contributed by atoms with Crippen molar-refractivity contribution >= 4 is 39.9 Å². The van der Waals surface area contributed by atoms with E-state index in [2.05, 4.69) is 10.3 Å². The van der Waals surface area contributed by atoms with Gasteiger partial charge in [0.25, 0.3) is 17.7 Å². The van der Waals surface area contributed by atoms with Gasteiger partial charge < -0.3 is 0 Å². The van der Waals surface area contributed by atoms with E-state index in [1.165, 1.54) is 23.5 Å². The van der Waals surface area contributed by atoms with E-state index in [0.29, 0.717) is 21.9 Å². The molecule has 0 spiro atoms. The fraction of sp³-hybridized carbons (Fsp3) is 0.100. The van der Waals surface area contributed by atoms with Crippen molar-refractivity contribution in [2.45, 2.75) is 13.8 Å². The van der Waals surface area contributed by atoms with Crippen LogP contribution in [0.5, 0.6) is 0 Å². The van der Waals surface area contributed by atoms with Crippen LogP contribution in [0.4, 0.5) is 10.8 Å². The first kappa shape index (κ1) is 17.1. The van der Waals surface area contributed by atoms with E-state index in [9.17, 15) is 14.4 Å². The summed E-state index contributed by atoms with van der Waals surface area (Å²) in [4.78, 5) is 43.2. The molecule has 3 aromatic rings. The summed E-state index contributed by atoms with van der Waals surface area (Å²) in [6.07, 6.45) is 0. The number of benzene rings is 2. The number of fused-ring (bicyclic) bond motifs is 1. The minimum atomic E-state index is -0.432. The van der Waals surface area contributed by atoms with Crippen molar-refractivity contribution in [2.75, 3.05) is 10.2 Å². The maximum Gasteiger partial charge on any atom is 0.266 e. The van der Waals surface area contributed by atoms with Gasteiger partial charge in [0.2, 0.25) is 0 Å². The maximum atomic E-state index is 12.8. The molecular formula is C20H15N3O3S.